The number of carbonyl (C=O) groups excluding carboxylic acids is 2. The summed E-state index contributed by atoms with van der Waals surface area (Å²) in [6.07, 6.45) is 3.04. The molecule has 1 unspecified atom stereocenters. The van der Waals surface area contributed by atoms with E-state index in [1.165, 1.54) is 10.7 Å². The topological polar surface area (TPSA) is 93.0 Å². The van der Waals surface area contributed by atoms with E-state index in [4.69, 9.17) is 0 Å². The van der Waals surface area contributed by atoms with E-state index in [-0.39, 0.29) is 30.0 Å². The second-order valence-electron chi connectivity index (χ2n) is 8.62. The van der Waals surface area contributed by atoms with Gasteiger partial charge >= 0.3 is 0 Å². The molecule has 3 heterocycles. The number of nitrogens with zero attached hydrogens (tertiary/aromatic N) is 5. The number of aromatic nitrogens is 4. The molecule has 4 rings (SSSR count). The number of nitrogens with one attached hydrogen (secondary N) is 1. The summed E-state index contributed by atoms with van der Waals surface area (Å²) >= 11 is 0. The lowest BCUT2D eigenvalue weighted by Crippen LogP contribution is -2.29. The molecule has 1 aliphatic heterocycles. The maximum atomic E-state index is 14.1. The molecule has 1 saturated heterocycles. The van der Waals surface area contributed by atoms with Crippen LogP contribution in [0.5, 0.6) is 0 Å². The lowest BCUT2D eigenvalue weighted by molar-refractivity contribution is -0.122. The van der Waals surface area contributed by atoms with Crippen molar-refractivity contribution in [1.29, 1.82) is 0 Å². The number of benzene rings is 1. The maximum Gasteiger partial charge on any atom is 0.252 e. The Kier molecular flexibility index (Phi) is 5.45. The SMILES string of the molecule is CC(C)(C)c1cc(NC(=O)C2CC(=O)N(c3ccc(F)cc3F)C2)n(-c2ncccn2)n1. The average Bonchev–Trinajstić information content (AvgIpc) is 3.33. The van der Waals surface area contributed by atoms with E-state index >= 15 is 0 Å². The first-order valence-corrected chi connectivity index (χ1v) is 10.1. The molecule has 1 fully saturated rings. The predicted molar refractivity (Wildman–Crippen MR) is 113 cm³/mol. The zero-order chi connectivity index (χ0) is 23.0. The summed E-state index contributed by atoms with van der Waals surface area (Å²) in [5, 5.41) is 7.35. The third kappa shape index (κ3) is 4.20. The van der Waals surface area contributed by atoms with Crippen LogP contribution in [0.4, 0.5) is 20.3 Å². The van der Waals surface area contributed by atoms with Gasteiger partial charge in [-0.2, -0.15) is 9.78 Å². The minimum atomic E-state index is -0.853. The Morgan fingerprint density at radius 1 is 1.16 bits per heavy atom. The van der Waals surface area contributed by atoms with Gasteiger partial charge in [0.15, 0.2) is 0 Å². The van der Waals surface area contributed by atoms with E-state index in [0.29, 0.717) is 11.9 Å². The van der Waals surface area contributed by atoms with Crippen molar-refractivity contribution in [2.24, 2.45) is 5.92 Å². The van der Waals surface area contributed by atoms with Gasteiger partial charge in [-0.05, 0) is 18.2 Å². The molecule has 10 heteroatoms. The molecule has 0 bridgehead atoms. The van der Waals surface area contributed by atoms with Gasteiger partial charge in [0.25, 0.3) is 5.95 Å². The second kappa shape index (κ2) is 8.10. The monoisotopic (exact) mass is 440 g/mol. The molecular formula is C22H22F2N6O2. The van der Waals surface area contributed by atoms with Gasteiger partial charge in [0, 0.05) is 42.9 Å². The summed E-state index contributed by atoms with van der Waals surface area (Å²) in [4.78, 5) is 35.0. The van der Waals surface area contributed by atoms with E-state index in [2.05, 4.69) is 20.4 Å². The first-order valence-electron chi connectivity index (χ1n) is 10.1. The van der Waals surface area contributed by atoms with Crippen LogP contribution in [0.15, 0.2) is 42.7 Å². The predicted octanol–water partition coefficient (Wildman–Crippen LogP) is 3.23. The number of carbonyl (C=O) groups is 2. The molecule has 1 aromatic carbocycles. The molecule has 32 heavy (non-hydrogen) atoms. The minimum absolute atomic E-state index is 0.0185. The Balaban J connectivity index is 1.58. The van der Waals surface area contributed by atoms with Crippen LogP contribution in [-0.4, -0.2) is 38.1 Å². The van der Waals surface area contributed by atoms with E-state index in [1.807, 2.05) is 20.8 Å². The standard InChI is InChI=1S/C22H22F2N6O2/c1-22(2,3)17-11-18(30(28-17)21-25-7-4-8-26-21)27-20(32)13-9-19(31)29(12-13)16-6-5-14(23)10-15(16)24/h4-8,10-11,13H,9,12H2,1-3H3,(H,27,32). The van der Waals surface area contributed by atoms with Gasteiger partial charge in [0.1, 0.15) is 17.5 Å². The first kappa shape index (κ1) is 21.5. The smallest absolute Gasteiger partial charge is 0.252 e. The Labute approximate surface area is 183 Å². The first-order chi connectivity index (χ1) is 15.1. The molecule has 0 radical (unpaired) electrons. The Hall–Kier alpha value is -3.69. The molecule has 166 valence electrons. The molecule has 0 spiro atoms. The minimum Gasteiger partial charge on any atom is -0.310 e. The number of amides is 2. The molecule has 8 nitrogen and oxygen atoms in total. The average molecular weight is 440 g/mol. The van der Waals surface area contributed by atoms with Crippen molar-refractivity contribution in [3.63, 3.8) is 0 Å². The van der Waals surface area contributed by atoms with Crippen LogP contribution < -0.4 is 10.2 Å². The van der Waals surface area contributed by atoms with Crippen LogP contribution in [0.2, 0.25) is 0 Å². The van der Waals surface area contributed by atoms with Crippen molar-refractivity contribution in [3.8, 4) is 5.95 Å². The lowest BCUT2D eigenvalue weighted by atomic mass is 9.92. The summed E-state index contributed by atoms with van der Waals surface area (Å²) in [6, 6.07) is 6.39. The molecular weight excluding hydrogens is 418 g/mol. The molecule has 2 amide bonds. The molecule has 3 aromatic rings. The van der Waals surface area contributed by atoms with E-state index in [9.17, 15) is 18.4 Å². The Bertz CT molecular complexity index is 1170. The highest BCUT2D eigenvalue weighted by Gasteiger charge is 2.37. The van der Waals surface area contributed by atoms with Gasteiger partial charge in [-0.3, -0.25) is 9.59 Å². The fourth-order valence-electron chi connectivity index (χ4n) is 3.43. The molecule has 2 aromatic heterocycles. The summed E-state index contributed by atoms with van der Waals surface area (Å²) < 4.78 is 28.8. The van der Waals surface area contributed by atoms with Crippen LogP contribution in [-0.2, 0) is 15.0 Å². The maximum absolute atomic E-state index is 14.1. The van der Waals surface area contributed by atoms with Gasteiger partial charge in [-0.25, -0.2) is 18.7 Å². The van der Waals surface area contributed by atoms with Gasteiger partial charge in [-0.15, -0.1) is 0 Å². The lowest BCUT2D eigenvalue weighted by Gasteiger charge is -2.17. The van der Waals surface area contributed by atoms with Crippen LogP contribution >= 0.6 is 0 Å². The molecule has 0 aliphatic carbocycles. The zero-order valence-corrected chi connectivity index (χ0v) is 17.8. The van der Waals surface area contributed by atoms with Gasteiger partial charge in [-0.1, -0.05) is 20.8 Å². The fraction of sp³-hybridized carbons (Fsp3) is 0.318. The van der Waals surface area contributed by atoms with Crippen molar-refractivity contribution in [2.45, 2.75) is 32.6 Å². The quantitative estimate of drug-likeness (QED) is 0.672. The number of halogens is 2. The summed E-state index contributed by atoms with van der Waals surface area (Å²) in [7, 11) is 0. The van der Waals surface area contributed by atoms with E-state index in [1.54, 1.807) is 24.5 Å². The Morgan fingerprint density at radius 3 is 2.53 bits per heavy atom. The van der Waals surface area contributed by atoms with Crippen LogP contribution in [0.3, 0.4) is 0 Å². The third-order valence-corrected chi connectivity index (χ3v) is 5.17. The summed E-state index contributed by atoms with van der Waals surface area (Å²) in [5.41, 5.74) is 0.377. The van der Waals surface area contributed by atoms with Gasteiger partial charge < -0.3 is 10.2 Å². The summed E-state index contributed by atoms with van der Waals surface area (Å²) in [6.45, 7) is 5.95. The summed E-state index contributed by atoms with van der Waals surface area (Å²) in [5.74, 6) is -2.48. The molecule has 0 saturated carbocycles. The number of hydrogen-bond acceptors (Lipinski definition) is 5. The van der Waals surface area contributed by atoms with Crippen molar-refractivity contribution in [1.82, 2.24) is 19.7 Å². The number of rotatable bonds is 4. The van der Waals surface area contributed by atoms with Crippen LogP contribution in [0.1, 0.15) is 32.9 Å². The van der Waals surface area contributed by atoms with Gasteiger partial charge in [0.05, 0.1) is 17.3 Å². The molecule has 1 N–H and O–H groups in total. The van der Waals surface area contributed by atoms with Gasteiger partial charge in [0.2, 0.25) is 11.8 Å². The highest BCUT2D eigenvalue weighted by atomic mass is 19.1. The molecule has 1 atom stereocenters. The number of hydrogen-bond donors (Lipinski definition) is 1. The second-order valence-corrected chi connectivity index (χ2v) is 8.62. The zero-order valence-electron chi connectivity index (χ0n) is 17.8. The number of anilines is 2. The van der Waals surface area contributed by atoms with Crippen molar-refractivity contribution >= 4 is 23.3 Å². The highest BCUT2D eigenvalue weighted by Crippen LogP contribution is 2.30. The molecule has 1 aliphatic rings. The largest absolute Gasteiger partial charge is 0.310 e. The normalized spacial score (nSPS) is 16.5. The van der Waals surface area contributed by atoms with Crippen molar-refractivity contribution < 1.29 is 18.4 Å². The Morgan fingerprint density at radius 2 is 1.88 bits per heavy atom. The van der Waals surface area contributed by atoms with Crippen molar-refractivity contribution in [3.05, 3.63) is 60.1 Å². The van der Waals surface area contributed by atoms with Crippen LogP contribution in [0, 0.1) is 17.6 Å². The van der Waals surface area contributed by atoms with Crippen LogP contribution in [0.25, 0.3) is 5.95 Å². The third-order valence-electron chi connectivity index (χ3n) is 5.17. The van der Waals surface area contributed by atoms with Crippen molar-refractivity contribution in [2.75, 3.05) is 16.8 Å². The van der Waals surface area contributed by atoms with E-state index in [0.717, 1.165) is 16.7 Å². The highest BCUT2D eigenvalue weighted by molar-refractivity contribution is 6.03. The van der Waals surface area contributed by atoms with E-state index < -0.39 is 29.4 Å². The fourth-order valence-corrected chi connectivity index (χ4v) is 3.43.